The first-order valence-corrected chi connectivity index (χ1v) is 6.03. The van der Waals surface area contributed by atoms with Crippen LogP contribution >= 0.6 is 27.5 Å². The van der Waals surface area contributed by atoms with E-state index >= 15 is 0 Å². The third-order valence-corrected chi connectivity index (χ3v) is 2.96. The summed E-state index contributed by atoms with van der Waals surface area (Å²) in [6.45, 7) is 0. The maximum absolute atomic E-state index is 12.9. The third kappa shape index (κ3) is 3.15. The van der Waals surface area contributed by atoms with Crippen LogP contribution in [0.25, 0.3) is 0 Å². The summed E-state index contributed by atoms with van der Waals surface area (Å²) in [6, 6.07) is 3.85. The molecule has 19 heavy (non-hydrogen) atoms. The van der Waals surface area contributed by atoms with Gasteiger partial charge in [0.1, 0.15) is 12.0 Å². The second-order valence-corrected chi connectivity index (χ2v) is 4.57. The molecule has 0 saturated heterocycles. The van der Waals surface area contributed by atoms with Crippen LogP contribution < -0.4 is 5.32 Å². The van der Waals surface area contributed by atoms with Crippen LogP contribution in [0.2, 0.25) is 5.28 Å². The molecule has 0 aliphatic carbocycles. The number of aromatic nitrogens is 2. The van der Waals surface area contributed by atoms with E-state index in [2.05, 4.69) is 31.2 Å². The van der Waals surface area contributed by atoms with Gasteiger partial charge in [0, 0.05) is 4.47 Å². The Morgan fingerprint density at radius 2 is 2.21 bits per heavy atom. The smallest absolute Gasteiger partial charge is 0.329 e. The molecule has 0 radical (unpaired) electrons. The van der Waals surface area contributed by atoms with E-state index in [9.17, 15) is 14.5 Å². The molecule has 1 heterocycles. The Morgan fingerprint density at radius 1 is 1.47 bits per heavy atom. The van der Waals surface area contributed by atoms with Gasteiger partial charge < -0.3 is 5.32 Å². The molecule has 0 aliphatic rings. The van der Waals surface area contributed by atoms with Crippen molar-refractivity contribution in [3.8, 4) is 0 Å². The molecule has 0 amide bonds. The first-order chi connectivity index (χ1) is 8.97. The number of rotatable bonds is 3. The van der Waals surface area contributed by atoms with Gasteiger partial charge in [-0.3, -0.25) is 10.1 Å². The molecule has 2 aromatic rings. The molecule has 6 nitrogen and oxygen atoms in total. The molecule has 2 rings (SSSR count). The van der Waals surface area contributed by atoms with Gasteiger partial charge in [0.2, 0.25) is 11.1 Å². The maximum atomic E-state index is 12.9. The summed E-state index contributed by atoms with van der Waals surface area (Å²) in [4.78, 5) is 17.5. The van der Waals surface area contributed by atoms with E-state index in [1.54, 1.807) is 0 Å². The molecule has 0 saturated carbocycles. The highest BCUT2D eigenvalue weighted by Gasteiger charge is 2.17. The van der Waals surface area contributed by atoms with Gasteiger partial charge >= 0.3 is 5.69 Å². The lowest BCUT2D eigenvalue weighted by molar-refractivity contribution is -0.384. The second kappa shape index (κ2) is 5.45. The molecular weight excluding hydrogens is 342 g/mol. The van der Waals surface area contributed by atoms with E-state index in [4.69, 9.17) is 11.6 Å². The summed E-state index contributed by atoms with van der Waals surface area (Å²) in [5, 5.41) is 13.4. The molecule has 0 atom stereocenters. The number of halogens is 3. The zero-order valence-corrected chi connectivity index (χ0v) is 11.4. The van der Waals surface area contributed by atoms with Crippen molar-refractivity contribution in [2.45, 2.75) is 0 Å². The SMILES string of the molecule is O=[N+]([O-])c1cnc(Cl)nc1Nc1ccc(F)cc1Br. The average molecular weight is 348 g/mol. The Bertz CT molecular complexity index is 655. The van der Waals surface area contributed by atoms with Gasteiger partial charge in [-0.05, 0) is 45.7 Å². The number of benzene rings is 1. The van der Waals surface area contributed by atoms with Crippen molar-refractivity contribution >= 4 is 44.7 Å². The van der Waals surface area contributed by atoms with Crippen LogP contribution in [0.1, 0.15) is 0 Å². The minimum atomic E-state index is -0.643. The molecule has 0 aliphatic heterocycles. The lowest BCUT2D eigenvalue weighted by atomic mass is 10.3. The van der Waals surface area contributed by atoms with Crippen molar-refractivity contribution in [3.05, 3.63) is 50.1 Å². The number of nitro groups is 1. The Morgan fingerprint density at radius 3 is 2.84 bits per heavy atom. The van der Waals surface area contributed by atoms with Crippen molar-refractivity contribution in [1.29, 1.82) is 0 Å². The summed E-state index contributed by atoms with van der Waals surface area (Å²) in [5.41, 5.74) is 0.0832. The summed E-state index contributed by atoms with van der Waals surface area (Å²) >= 11 is 8.73. The average Bonchev–Trinajstić information content (AvgIpc) is 2.32. The van der Waals surface area contributed by atoms with E-state index in [0.29, 0.717) is 10.2 Å². The minimum absolute atomic E-state index is 0.0719. The number of anilines is 2. The zero-order valence-electron chi connectivity index (χ0n) is 9.10. The summed E-state index contributed by atoms with van der Waals surface area (Å²) in [5.74, 6) is -0.509. The van der Waals surface area contributed by atoms with E-state index in [0.717, 1.165) is 6.20 Å². The molecule has 1 aromatic heterocycles. The van der Waals surface area contributed by atoms with Crippen LogP contribution in [0.4, 0.5) is 21.6 Å². The zero-order chi connectivity index (χ0) is 14.0. The first kappa shape index (κ1) is 13.6. The highest BCUT2D eigenvalue weighted by Crippen LogP contribution is 2.30. The number of hydrogen-bond donors (Lipinski definition) is 1. The van der Waals surface area contributed by atoms with Crippen LogP contribution in [0.15, 0.2) is 28.9 Å². The van der Waals surface area contributed by atoms with Crippen molar-refractivity contribution in [2.24, 2.45) is 0 Å². The molecule has 0 spiro atoms. The lowest BCUT2D eigenvalue weighted by Gasteiger charge is -2.08. The summed E-state index contributed by atoms with van der Waals surface area (Å²) in [7, 11) is 0. The van der Waals surface area contributed by atoms with Crippen LogP contribution in [0.5, 0.6) is 0 Å². The number of nitrogens with one attached hydrogen (secondary N) is 1. The molecule has 98 valence electrons. The summed E-state index contributed by atoms with van der Waals surface area (Å²) in [6.07, 6.45) is 0.995. The standard InChI is InChI=1S/C10H5BrClFN4O2/c11-6-3-5(13)1-2-7(6)15-9-8(17(18)19)4-14-10(12)16-9/h1-4H,(H,14,15,16). The molecule has 1 aromatic carbocycles. The monoisotopic (exact) mass is 346 g/mol. The van der Waals surface area contributed by atoms with Crippen molar-refractivity contribution in [1.82, 2.24) is 9.97 Å². The Kier molecular flexibility index (Phi) is 3.91. The van der Waals surface area contributed by atoms with Crippen molar-refractivity contribution in [3.63, 3.8) is 0 Å². The molecule has 0 fully saturated rings. The maximum Gasteiger partial charge on any atom is 0.329 e. The molecule has 1 N–H and O–H groups in total. The Balaban J connectivity index is 2.42. The van der Waals surface area contributed by atoms with E-state index in [1.165, 1.54) is 18.2 Å². The van der Waals surface area contributed by atoms with E-state index in [-0.39, 0.29) is 16.8 Å². The van der Waals surface area contributed by atoms with Crippen LogP contribution in [0, 0.1) is 15.9 Å². The van der Waals surface area contributed by atoms with Gasteiger partial charge in [0.05, 0.1) is 10.6 Å². The van der Waals surface area contributed by atoms with Gasteiger partial charge in [-0.1, -0.05) is 0 Å². The fourth-order valence-electron chi connectivity index (χ4n) is 1.30. The van der Waals surface area contributed by atoms with Crippen molar-refractivity contribution < 1.29 is 9.31 Å². The van der Waals surface area contributed by atoms with Crippen molar-refractivity contribution in [2.75, 3.05) is 5.32 Å². The van der Waals surface area contributed by atoms with Gasteiger partial charge in [-0.25, -0.2) is 9.37 Å². The van der Waals surface area contributed by atoms with Crippen LogP contribution in [-0.2, 0) is 0 Å². The quantitative estimate of drug-likeness (QED) is 0.520. The predicted molar refractivity (Wildman–Crippen MR) is 71.1 cm³/mol. The minimum Gasteiger partial charge on any atom is -0.333 e. The van der Waals surface area contributed by atoms with Gasteiger partial charge in [-0.15, -0.1) is 0 Å². The largest absolute Gasteiger partial charge is 0.333 e. The second-order valence-electron chi connectivity index (χ2n) is 3.38. The summed E-state index contributed by atoms with van der Waals surface area (Å²) < 4.78 is 13.3. The van der Waals surface area contributed by atoms with Crippen LogP contribution in [0.3, 0.4) is 0 Å². The first-order valence-electron chi connectivity index (χ1n) is 4.86. The topological polar surface area (TPSA) is 81.0 Å². The van der Waals surface area contributed by atoms with Gasteiger partial charge in [0.15, 0.2) is 0 Å². The third-order valence-electron chi connectivity index (χ3n) is 2.12. The molecule has 9 heteroatoms. The molecule has 0 bridgehead atoms. The number of nitrogens with zero attached hydrogens (tertiary/aromatic N) is 3. The van der Waals surface area contributed by atoms with Gasteiger partial charge in [-0.2, -0.15) is 4.98 Å². The Hall–Kier alpha value is -1.80. The van der Waals surface area contributed by atoms with E-state index < -0.39 is 10.7 Å². The number of hydrogen-bond acceptors (Lipinski definition) is 5. The van der Waals surface area contributed by atoms with Crippen LogP contribution in [-0.4, -0.2) is 14.9 Å². The Labute approximate surface area is 119 Å². The van der Waals surface area contributed by atoms with Gasteiger partial charge in [0.25, 0.3) is 0 Å². The fourth-order valence-corrected chi connectivity index (χ4v) is 1.88. The highest BCUT2D eigenvalue weighted by molar-refractivity contribution is 9.10. The highest BCUT2D eigenvalue weighted by atomic mass is 79.9. The normalized spacial score (nSPS) is 10.3. The molecular formula is C10H5BrClFN4O2. The molecule has 0 unspecified atom stereocenters. The fraction of sp³-hybridized carbons (Fsp3) is 0. The predicted octanol–water partition coefficient (Wildman–Crippen LogP) is 3.68. The lowest BCUT2D eigenvalue weighted by Crippen LogP contribution is -2.01. The van der Waals surface area contributed by atoms with E-state index in [1.807, 2.05) is 0 Å².